The maximum Gasteiger partial charge on any atom is 0.327 e. The van der Waals surface area contributed by atoms with Crippen molar-refractivity contribution in [3.8, 4) is 0 Å². The van der Waals surface area contributed by atoms with Crippen molar-refractivity contribution in [2.75, 3.05) is 26.2 Å². The zero-order chi connectivity index (χ0) is 30.2. The highest BCUT2D eigenvalue weighted by Gasteiger charge is 2.56. The fourth-order valence-electron chi connectivity index (χ4n) is 4.85. The number of halogens is 4. The van der Waals surface area contributed by atoms with Crippen molar-refractivity contribution in [3.63, 3.8) is 0 Å². The Morgan fingerprint density at radius 2 is 1.22 bits per heavy atom. The highest BCUT2D eigenvalue weighted by Crippen LogP contribution is 2.38. The Bertz CT molecular complexity index is 1260. The Hall–Kier alpha value is -2.54. The third-order valence-electron chi connectivity index (χ3n) is 6.75. The number of aliphatic imine (C=N–C) groups is 2. The van der Waals surface area contributed by atoms with Crippen molar-refractivity contribution in [1.29, 1.82) is 0 Å². The van der Waals surface area contributed by atoms with Crippen molar-refractivity contribution in [3.05, 3.63) is 66.5 Å². The van der Waals surface area contributed by atoms with Gasteiger partial charge in [-0.05, 0) is 92.9 Å². The molecule has 2 aromatic carbocycles. The summed E-state index contributed by atoms with van der Waals surface area (Å²) in [6, 6.07) is 10.8. The molecule has 0 aliphatic carbocycles. The SMILES string of the molecule is NC(N)=NCCCCN1C(=O)N(CCCCN=C(N)N)C(Cc2ccc(Br)c(Cl)c2)(Cc2ccc(Br)c(Cl)c2)C1=O. The molecule has 10 nitrogen and oxygen atoms in total. The normalized spacial score (nSPS) is 14.4. The topological polar surface area (TPSA) is 169 Å². The van der Waals surface area contributed by atoms with Crippen molar-refractivity contribution in [2.24, 2.45) is 32.9 Å². The van der Waals surface area contributed by atoms with Gasteiger partial charge in [-0.25, -0.2) is 4.79 Å². The zero-order valence-corrected chi connectivity index (χ0v) is 27.1. The molecule has 1 saturated heterocycles. The van der Waals surface area contributed by atoms with E-state index in [1.807, 2.05) is 36.4 Å². The van der Waals surface area contributed by atoms with Crippen molar-refractivity contribution >= 4 is 78.9 Å². The van der Waals surface area contributed by atoms with E-state index in [2.05, 4.69) is 41.8 Å². The van der Waals surface area contributed by atoms with E-state index < -0.39 is 5.54 Å². The summed E-state index contributed by atoms with van der Waals surface area (Å²) in [6.45, 7) is 1.41. The van der Waals surface area contributed by atoms with Gasteiger partial charge in [-0.2, -0.15) is 0 Å². The van der Waals surface area contributed by atoms with Crippen LogP contribution < -0.4 is 22.9 Å². The highest BCUT2D eigenvalue weighted by molar-refractivity contribution is 9.10. The number of urea groups is 1. The van der Waals surface area contributed by atoms with E-state index in [4.69, 9.17) is 46.1 Å². The maximum absolute atomic E-state index is 14.4. The van der Waals surface area contributed by atoms with Crippen LogP contribution in [0.15, 0.2) is 55.3 Å². The Morgan fingerprint density at radius 1 is 0.756 bits per heavy atom. The van der Waals surface area contributed by atoms with Gasteiger partial charge in [-0.3, -0.25) is 19.7 Å². The molecule has 2 aromatic rings. The van der Waals surface area contributed by atoms with Gasteiger partial charge in [0, 0.05) is 48.0 Å². The lowest BCUT2D eigenvalue weighted by molar-refractivity contribution is -0.133. The summed E-state index contributed by atoms with van der Waals surface area (Å²) in [6.07, 6.45) is 2.92. The molecule has 14 heteroatoms. The number of amides is 3. The fourth-order valence-corrected chi connectivity index (χ4v) is 5.75. The molecule has 3 rings (SSSR count). The van der Waals surface area contributed by atoms with Crippen LogP contribution in [0.3, 0.4) is 0 Å². The van der Waals surface area contributed by atoms with Crippen molar-refractivity contribution in [1.82, 2.24) is 9.80 Å². The molecule has 222 valence electrons. The van der Waals surface area contributed by atoms with Gasteiger partial charge < -0.3 is 27.8 Å². The summed E-state index contributed by atoms with van der Waals surface area (Å²) in [4.78, 5) is 39.4. The quantitative estimate of drug-likeness (QED) is 0.0971. The van der Waals surface area contributed by atoms with Gasteiger partial charge in [-0.1, -0.05) is 35.3 Å². The lowest BCUT2D eigenvalue weighted by Crippen LogP contribution is -2.53. The number of carbonyl (C=O) groups is 2. The van der Waals surface area contributed by atoms with Gasteiger partial charge in [0.2, 0.25) is 0 Å². The Labute approximate surface area is 266 Å². The van der Waals surface area contributed by atoms with E-state index in [0.717, 1.165) is 20.1 Å². The molecule has 0 saturated carbocycles. The average molecular weight is 733 g/mol. The van der Waals surface area contributed by atoms with E-state index in [9.17, 15) is 9.59 Å². The Kier molecular flexibility index (Phi) is 12.1. The molecule has 8 N–H and O–H groups in total. The van der Waals surface area contributed by atoms with E-state index >= 15 is 0 Å². The van der Waals surface area contributed by atoms with Crippen LogP contribution in [-0.2, 0) is 17.6 Å². The zero-order valence-electron chi connectivity index (χ0n) is 22.5. The Balaban J connectivity index is 2.00. The highest BCUT2D eigenvalue weighted by atomic mass is 79.9. The van der Waals surface area contributed by atoms with Crippen LogP contribution >= 0.6 is 55.1 Å². The molecule has 1 aliphatic rings. The molecular weight excluding hydrogens is 699 g/mol. The summed E-state index contributed by atoms with van der Waals surface area (Å²) >= 11 is 19.7. The number of rotatable bonds is 14. The van der Waals surface area contributed by atoms with Gasteiger partial charge in [0.25, 0.3) is 5.91 Å². The number of hydrogen-bond donors (Lipinski definition) is 4. The van der Waals surface area contributed by atoms with Crippen LogP contribution in [0.5, 0.6) is 0 Å². The monoisotopic (exact) mass is 730 g/mol. The molecule has 1 fully saturated rings. The van der Waals surface area contributed by atoms with Crippen molar-refractivity contribution in [2.45, 2.75) is 44.1 Å². The summed E-state index contributed by atoms with van der Waals surface area (Å²) in [7, 11) is 0. The maximum atomic E-state index is 14.4. The third kappa shape index (κ3) is 8.73. The first-order chi connectivity index (χ1) is 19.4. The second kappa shape index (κ2) is 15.1. The van der Waals surface area contributed by atoms with Crippen LogP contribution in [0.25, 0.3) is 0 Å². The van der Waals surface area contributed by atoms with Gasteiger partial charge in [0.15, 0.2) is 11.9 Å². The minimum Gasteiger partial charge on any atom is -0.370 e. The minimum absolute atomic E-state index is 0.00515. The molecule has 0 radical (unpaired) electrons. The first-order valence-electron chi connectivity index (χ1n) is 13.1. The number of hydrogen-bond acceptors (Lipinski definition) is 4. The first-order valence-corrected chi connectivity index (χ1v) is 15.4. The molecule has 0 spiro atoms. The van der Waals surface area contributed by atoms with Gasteiger partial charge in [0.05, 0.1) is 10.0 Å². The molecule has 0 unspecified atom stereocenters. The second-order valence-corrected chi connectivity index (χ2v) is 12.3. The summed E-state index contributed by atoms with van der Waals surface area (Å²) in [5, 5.41) is 1.03. The smallest absolute Gasteiger partial charge is 0.327 e. The number of unbranched alkanes of at least 4 members (excludes halogenated alkanes) is 2. The van der Waals surface area contributed by atoms with Gasteiger partial charge in [0.1, 0.15) is 5.54 Å². The lowest BCUT2D eigenvalue weighted by Gasteiger charge is -2.36. The standard InChI is InChI=1S/C27H34Br2Cl2N8O2/c28-19-7-5-17(13-21(19)30)15-27(16-18-6-8-20(29)22(31)14-18)23(40)38(11-3-1-9-36-24(32)33)26(41)39(27)12-4-2-10-37-25(34)35/h5-8,13-14H,1-4,9-12,15-16H2,(H4,32,33,36)(H4,34,35,37). The third-order valence-corrected chi connectivity index (χ3v) is 9.22. The number of benzene rings is 2. The van der Waals surface area contributed by atoms with E-state index in [0.29, 0.717) is 55.4 Å². The summed E-state index contributed by atoms with van der Waals surface area (Å²) in [5.74, 6) is -0.255. The van der Waals surface area contributed by atoms with Crippen LogP contribution in [0.1, 0.15) is 36.8 Å². The summed E-state index contributed by atoms with van der Waals surface area (Å²) < 4.78 is 1.48. The Morgan fingerprint density at radius 3 is 1.66 bits per heavy atom. The fraction of sp³-hybridized carbons (Fsp3) is 0.407. The molecule has 1 aliphatic heterocycles. The van der Waals surface area contributed by atoms with Crippen LogP contribution in [0.4, 0.5) is 4.79 Å². The average Bonchev–Trinajstić information content (AvgIpc) is 3.08. The number of nitrogens with zero attached hydrogens (tertiary/aromatic N) is 4. The van der Waals surface area contributed by atoms with E-state index in [1.165, 1.54) is 4.90 Å². The number of carbonyl (C=O) groups excluding carboxylic acids is 2. The van der Waals surface area contributed by atoms with Gasteiger partial charge in [-0.15, -0.1) is 0 Å². The molecule has 0 bridgehead atoms. The largest absolute Gasteiger partial charge is 0.370 e. The van der Waals surface area contributed by atoms with E-state index in [1.54, 1.807) is 4.90 Å². The number of nitrogens with two attached hydrogens (primary N) is 4. The predicted molar refractivity (Wildman–Crippen MR) is 172 cm³/mol. The molecule has 3 amide bonds. The molecule has 1 heterocycles. The molecular formula is C27H34Br2Cl2N8O2. The minimum atomic E-state index is -1.21. The van der Waals surface area contributed by atoms with Crippen LogP contribution in [0.2, 0.25) is 10.0 Å². The van der Waals surface area contributed by atoms with Crippen LogP contribution in [0, 0.1) is 0 Å². The van der Waals surface area contributed by atoms with Crippen molar-refractivity contribution < 1.29 is 9.59 Å². The predicted octanol–water partition coefficient (Wildman–Crippen LogP) is 4.41. The summed E-state index contributed by atoms with van der Waals surface area (Å²) in [5.41, 5.74) is 22.2. The molecule has 41 heavy (non-hydrogen) atoms. The van der Waals surface area contributed by atoms with E-state index in [-0.39, 0.29) is 43.2 Å². The first kappa shape index (κ1) is 33.0. The number of guanidine groups is 2. The lowest BCUT2D eigenvalue weighted by atomic mass is 9.83. The number of imide groups is 1. The molecule has 0 atom stereocenters. The van der Waals surface area contributed by atoms with Crippen LogP contribution in [-0.4, -0.2) is 65.4 Å². The van der Waals surface area contributed by atoms with Gasteiger partial charge >= 0.3 is 6.03 Å². The molecule has 0 aromatic heterocycles. The second-order valence-electron chi connectivity index (χ2n) is 9.80.